The SMILES string of the molecule is CNc1ccc(N(C)CC[N+](C)(C)CC[N+](C)(C)CCN(C)c2ccc(NC)c(N)c2)cc1N. The summed E-state index contributed by atoms with van der Waals surface area (Å²) in [5, 5.41) is 6.24. The maximum absolute atomic E-state index is 6.15. The highest BCUT2D eigenvalue weighted by atomic mass is 15.4. The summed E-state index contributed by atoms with van der Waals surface area (Å²) in [5.41, 5.74) is 18.1. The normalized spacial score (nSPS) is 11.9. The number of hydrogen-bond acceptors (Lipinski definition) is 6. The standard InChI is InChI=1S/C26H48N8/c1-29-25-11-9-21(19-23(25)27)31(3)13-15-33(5,6)17-18-34(7,8)16-14-32(4)22-10-12-26(30-2)24(28)20-22/h9-12,19-20,29-30H,13-18,27-28H2,1-8H3/q+2. The van der Waals surface area contributed by atoms with E-state index in [1.165, 1.54) is 0 Å². The van der Waals surface area contributed by atoms with Crippen LogP contribution in [0.25, 0.3) is 0 Å². The molecule has 0 saturated heterocycles. The fourth-order valence-corrected chi connectivity index (χ4v) is 3.90. The number of nitrogens with one attached hydrogen (secondary N) is 2. The Morgan fingerprint density at radius 3 is 1.29 bits per heavy atom. The molecule has 0 aliphatic carbocycles. The summed E-state index contributed by atoms with van der Waals surface area (Å²) >= 11 is 0. The van der Waals surface area contributed by atoms with E-state index in [9.17, 15) is 0 Å². The average Bonchev–Trinajstić information content (AvgIpc) is 2.80. The highest BCUT2D eigenvalue weighted by Crippen LogP contribution is 2.25. The van der Waals surface area contributed by atoms with Crippen molar-refractivity contribution < 1.29 is 8.97 Å². The predicted octanol–water partition coefficient (Wildman–Crippen LogP) is 2.66. The molecule has 0 radical (unpaired) electrons. The number of benzene rings is 2. The van der Waals surface area contributed by atoms with Gasteiger partial charge in [-0.15, -0.1) is 0 Å². The molecule has 8 nitrogen and oxygen atoms in total. The van der Waals surface area contributed by atoms with Crippen molar-refractivity contribution in [3.8, 4) is 0 Å². The molecular formula is C26H48N8+2. The lowest BCUT2D eigenvalue weighted by atomic mass is 10.2. The van der Waals surface area contributed by atoms with Crippen LogP contribution in [0.1, 0.15) is 0 Å². The third-order valence-corrected chi connectivity index (χ3v) is 6.88. The first kappa shape index (κ1) is 27.4. The summed E-state index contributed by atoms with van der Waals surface area (Å²) in [6.07, 6.45) is 0. The lowest BCUT2D eigenvalue weighted by Gasteiger charge is -2.37. The Bertz CT molecular complexity index is 850. The Morgan fingerprint density at radius 1 is 0.647 bits per heavy atom. The zero-order chi connectivity index (χ0) is 25.5. The van der Waals surface area contributed by atoms with Gasteiger partial charge in [0.2, 0.25) is 0 Å². The van der Waals surface area contributed by atoms with Crippen LogP contribution in [0.15, 0.2) is 36.4 Å². The van der Waals surface area contributed by atoms with E-state index in [1.807, 2.05) is 38.4 Å². The van der Waals surface area contributed by atoms with Crippen molar-refractivity contribution in [3.05, 3.63) is 36.4 Å². The summed E-state index contributed by atoms with van der Waals surface area (Å²) < 4.78 is 1.96. The summed E-state index contributed by atoms with van der Waals surface area (Å²) in [7, 11) is 17.4. The summed E-state index contributed by atoms with van der Waals surface area (Å²) in [6, 6.07) is 12.4. The van der Waals surface area contributed by atoms with Crippen molar-refractivity contribution in [1.29, 1.82) is 0 Å². The Morgan fingerprint density at radius 2 is 1.00 bits per heavy atom. The monoisotopic (exact) mass is 472 g/mol. The van der Waals surface area contributed by atoms with Crippen LogP contribution in [0, 0.1) is 0 Å². The number of anilines is 6. The topological polar surface area (TPSA) is 82.6 Å². The smallest absolute Gasteiger partial charge is 0.128 e. The molecule has 2 aromatic rings. The lowest BCUT2D eigenvalue weighted by Crippen LogP contribution is -2.54. The first-order valence-corrected chi connectivity index (χ1v) is 12.1. The molecule has 0 aliphatic rings. The quantitative estimate of drug-likeness (QED) is 0.265. The minimum Gasteiger partial charge on any atom is -0.397 e. The van der Waals surface area contributed by atoms with Gasteiger partial charge in [-0.1, -0.05) is 0 Å². The van der Waals surface area contributed by atoms with Crippen molar-refractivity contribution in [2.24, 2.45) is 0 Å². The Balaban J connectivity index is 1.83. The van der Waals surface area contributed by atoms with Crippen LogP contribution in [0.2, 0.25) is 0 Å². The predicted molar refractivity (Wildman–Crippen MR) is 151 cm³/mol. The second-order valence-electron chi connectivity index (χ2n) is 10.7. The van der Waals surface area contributed by atoms with Crippen LogP contribution in [0.5, 0.6) is 0 Å². The van der Waals surface area contributed by atoms with Gasteiger partial charge in [-0.3, -0.25) is 0 Å². The van der Waals surface area contributed by atoms with Crippen LogP contribution in [0.4, 0.5) is 34.1 Å². The number of nitrogens with two attached hydrogens (primary N) is 2. The molecule has 0 atom stereocenters. The van der Waals surface area contributed by atoms with Gasteiger partial charge in [-0.2, -0.15) is 0 Å². The summed E-state index contributed by atoms with van der Waals surface area (Å²) in [5.74, 6) is 0. The fraction of sp³-hybridized carbons (Fsp3) is 0.538. The molecule has 0 saturated carbocycles. The molecule has 8 heteroatoms. The van der Waals surface area contributed by atoms with Gasteiger partial charge in [0, 0.05) is 39.6 Å². The molecule has 0 heterocycles. The summed E-state index contributed by atoms with van der Waals surface area (Å²) in [6.45, 7) is 6.34. The maximum Gasteiger partial charge on any atom is 0.128 e. The molecule has 0 bridgehead atoms. The van der Waals surface area contributed by atoms with Gasteiger partial charge >= 0.3 is 0 Å². The molecule has 34 heavy (non-hydrogen) atoms. The molecular weight excluding hydrogens is 424 g/mol. The van der Waals surface area contributed by atoms with E-state index in [4.69, 9.17) is 11.5 Å². The Labute approximate surface area is 207 Å². The van der Waals surface area contributed by atoms with Crippen molar-refractivity contribution in [1.82, 2.24) is 0 Å². The third-order valence-electron chi connectivity index (χ3n) is 6.88. The highest BCUT2D eigenvalue weighted by molar-refractivity contribution is 5.72. The van der Waals surface area contributed by atoms with Crippen molar-refractivity contribution >= 4 is 34.1 Å². The number of nitrogen functional groups attached to an aromatic ring is 2. The van der Waals surface area contributed by atoms with Crippen LogP contribution in [0.3, 0.4) is 0 Å². The molecule has 6 N–H and O–H groups in total. The van der Waals surface area contributed by atoms with Crippen LogP contribution in [-0.4, -0.2) is 105 Å². The van der Waals surface area contributed by atoms with Crippen LogP contribution >= 0.6 is 0 Å². The Hall–Kier alpha value is -2.84. The van der Waals surface area contributed by atoms with Crippen molar-refractivity contribution in [2.75, 3.05) is 128 Å². The minimum absolute atomic E-state index is 0.783. The van der Waals surface area contributed by atoms with E-state index in [2.05, 4.69) is 74.9 Å². The van der Waals surface area contributed by atoms with Gasteiger partial charge in [0.15, 0.2) is 0 Å². The van der Waals surface area contributed by atoms with E-state index in [0.29, 0.717) is 0 Å². The van der Waals surface area contributed by atoms with Gasteiger partial charge < -0.3 is 40.9 Å². The number of rotatable bonds is 13. The summed E-state index contributed by atoms with van der Waals surface area (Å²) in [4.78, 5) is 4.57. The molecule has 2 aromatic carbocycles. The van der Waals surface area contributed by atoms with Crippen LogP contribution in [-0.2, 0) is 0 Å². The zero-order valence-corrected chi connectivity index (χ0v) is 22.7. The number of quaternary nitrogens is 2. The maximum atomic E-state index is 6.15. The van der Waals surface area contributed by atoms with E-state index < -0.39 is 0 Å². The molecule has 0 aromatic heterocycles. The molecule has 0 aliphatic heterocycles. The van der Waals surface area contributed by atoms with Crippen LogP contribution < -0.4 is 31.9 Å². The number of likely N-dealkylation sites (N-methyl/N-ethyl adjacent to an activating group) is 4. The molecule has 2 rings (SSSR count). The first-order chi connectivity index (χ1) is 15.9. The highest BCUT2D eigenvalue weighted by Gasteiger charge is 2.24. The Kier molecular flexibility index (Phi) is 9.29. The van der Waals surface area contributed by atoms with Gasteiger partial charge in [0.05, 0.1) is 77.1 Å². The second-order valence-corrected chi connectivity index (χ2v) is 10.7. The van der Waals surface area contributed by atoms with E-state index in [-0.39, 0.29) is 0 Å². The van der Waals surface area contributed by atoms with Gasteiger partial charge in [0.25, 0.3) is 0 Å². The van der Waals surface area contributed by atoms with Gasteiger partial charge in [-0.05, 0) is 36.4 Å². The largest absolute Gasteiger partial charge is 0.397 e. The first-order valence-electron chi connectivity index (χ1n) is 12.1. The van der Waals surface area contributed by atoms with Gasteiger partial charge in [-0.25, -0.2) is 0 Å². The third kappa shape index (κ3) is 7.88. The molecule has 0 spiro atoms. The molecule has 0 unspecified atom stereocenters. The fourth-order valence-electron chi connectivity index (χ4n) is 3.90. The van der Waals surface area contributed by atoms with Crippen molar-refractivity contribution in [3.63, 3.8) is 0 Å². The van der Waals surface area contributed by atoms with E-state index in [0.717, 1.165) is 82.4 Å². The van der Waals surface area contributed by atoms with E-state index in [1.54, 1.807) is 0 Å². The molecule has 0 amide bonds. The van der Waals surface area contributed by atoms with Gasteiger partial charge in [0.1, 0.15) is 13.1 Å². The minimum atomic E-state index is 0.783. The lowest BCUT2D eigenvalue weighted by molar-refractivity contribution is -0.944. The van der Waals surface area contributed by atoms with E-state index >= 15 is 0 Å². The average molecular weight is 473 g/mol. The molecule has 190 valence electrons. The molecule has 0 fully saturated rings. The number of hydrogen-bond donors (Lipinski definition) is 4. The second kappa shape index (κ2) is 11.5. The zero-order valence-electron chi connectivity index (χ0n) is 22.7. The number of nitrogens with zero attached hydrogens (tertiary/aromatic N) is 4. The van der Waals surface area contributed by atoms with Crippen molar-refractivity contribution in [2.45, 2.75) is 0 Å².